The molecule has 0 atom stereocenters. The Morgan fingerprint density at radius 1 is 1.12 bits per heavy atom. The molecule has 0 heterocycles. The largest absolute Gasteiger partial charge is 0.353 e. The zero-order valence-electron chi connectivity index (χ0n) is 11.5. The standard InChI is InChI=1S/C14H25NO2/c1-10(2)12(16)14(3,4)13(17)15-11-8-6-5-7-9-11/h10-11H,5-9H2,1-4H3,(H,15,17). The second-order valence-electron chi connectivity index (χ2n) is 5.95. The molecule has 3 nitrogen and oxygen atoms in total. The van der Waals surface area contributed by atoms with Gasteiger partial charge < -0.3 is 5.32 Å². The zero-order valence-corrected chi connectivity index (χ0v) is 11.5. The van der Waals surface area contributed by atoms with E-state index in [4.69, 9.17) is 0 Å². The van der Waals surface area contributed by atoms with Gasteiger partial charge in [-0.3, -0.25) is 9.59 Å². The highest BCUT2D eigenvalue weighted by Crippen LogP contribution is 2.24. The molecule has 0 bridgehead atoms. The van der Waals surface area contributed by atoms with Crippen molar-refractivity contribution in [3.63, 3.8) is 0 Å². The van der Waals surface area contributed by atoms with Crippen molar-refractivity contribution in [1.82, 2.24) is 5.32 Å². The van der Waals surface area contributed by atoms with E-state index < -0.39 is 5.41 Å². The van der Waals surface area contributed by atoms with Crippen LogP contribution in [-0.4, -0.2) is 17.7 Å². The van der Waals surface area contributed by atoms with Crippen LogP contribution in [0, 0.1) is 11.3 Å². The van der Waals surface area contributed by atoms with Crippen molar-refractivity contribution in [1.29, 1.82) is 0 Å². The molecule has 0 unspecified atom stereocenters. The fraction of sp³-hybridized carbons (Fsp3) is 0.857. The Morgan fingerprint density at radius 3 is 2.12 bits per heavy atom. The van der Waals surface area contributed by atoms with Crippen LogP contribution < -0.4 is 5.32 Å². The van der Waals surface area contributed by atoms with Crippen LogP contribution in [-0.2, 0) is 9.59 Å². The van der Waals surface area contributed by atoms with Crippen molar-refractivity contribution in [3.8, 4) is 0 Å². The molecule has 1 fully saturated rings. The summed E-state index contributed by atoms with van der Waals surface area (Å²) in [5.41, 5.74) is -0.897. The van der Waals surface area contributed by atoms with Crippen molar-refractivity contribution in [3.05, 3.63) is 0 Å². The van der Waals surface area contributed by atoms with Gasteiger partial charge in [-0.2, -0.15) is 0 Å². The number of nitrogens with one attached hydrogen (secondary N) is 1. The minimum atomic E-state index is -0.897. The molecule has 1 amide bonds. The molecule has 1 rings (SSSR count). The van der Waals surface area contributed by atoms with E-state index in [0.29, 0.717) is 0 Å². The second-order valence-corrected chi connectivity index (χ2v) is 5.95. The average Bonchev–Trinajstić information content (AvgIpc) is 2.29. The lowest BCUT2D eigenvalue weighted by atomic mass is 9.81. The van der Waals surface area contributed by atoms with E-state index in [1.54, 1.807) is 13.8 Å². The number of hydrogen-bond donors (Lipinski definition) is 1. The molecule has 0 radical (unpaired) electrons. The number of ketones is 1. The quantitative estimate of drug-likeness (QED) is 0.767. The van der Waals surface area contributed by atoms with Gasteiger partial charge in [0.25, 0.3) is 0 Å². The van der Waals surface area contributed by atoms with E-state index in [0.717, 1.165) is 12.8 Å². The number of amides is 1. The fourth-order valence-corrected chi connectivity index (χ4v) is 2.45. The third-order valence-electron chi connectivity index (χ3n) is 3.65. The Labute approximate surface area is 104 Å². The van der Waals surface area contributed by atoms with Gasteiger partial charge in [-0.25, -0.2) is 0 Å². The van der Waals surface area contributed by atoms with E-state index in [-0.39, 0.29) is 23.7 Å². The number of Topliss-reactive ketones (excluding diaryl/α,β-unsaturated/α-hetero) is 1. The van der Waals surface area contributed by atoms with Crippen molar-refractivity contribution in [2.24, 2.45) is 11.3 Å². The summed E-state index contributed by atoms with van der Waals surface area (Å²) in [6.07, 6.45) is 5.74. The molecule has 0 aromatic rings. The first-order chi connectivity index (χ1) is 7.85. The monoisotopic (exact) mass is 239 g/mol. The predicted octanol–water partition coefficient (Wildman–Crippen LogP) is 2.69. The normalized spacial score (nSPS) is 18.2. The summed E-state index contributed by atoms with van der Waals surface area (Å²) in [5, 5.41) is 3.04. The Kier molecular flexibility index (Phi) is 4.72. The first-order valence-electron chi connectivity index (χ1n) is 6.71. The molecule has 1 saturated carbocycles. The van der Waals surface area contributed by atoms with E-state index in [2.05, 4.69) is 5.32 Å². The minimum absolute atomic E-state index is 0.0193. The van der Waals surface area contributed by atoms with Gasteiger partial charge >= 0.3 is 0 Å². The van der Waals surface area contributed by atoms with Crippen molar-refractivity contribution in [2.75, 3.05) is 0 Å². The maximum absolute atomic E-state index is 12.1. The molecule has 3 heteroatoms. The van der Waals surface area contributed by atoms with Crippen LogP contribution in [0.2, 0.25) is 0 Å². The molecular weight excluding hydrogens is 214 g/mol. The third-order valence-corrected chi connectivity index (χ3v) is 3.65. The fourth-order valence-electron chi connectivity index (χ4n) is 2.45. The average molecular weight is 239 g/mol. The van der Waals surface area contributed by atoms with Gasteiger partial charge in [0.2, 0.25) is 5.91 Å². The molecule has 17 heavy (non-hydrogen) atoms. The topological polar surface area (TPSA) is 46.2 Å². The number of hydrogen-bond acceptors (Lipinski definition) is 2. The van der Waals surface area contributed by atoms with Crippen molar-refractivity contribution >= 4 is 11.7 Å². The summed E-state index contributed by atoms with van der Waals surface area (Å²) in [4.78, 5) is 24.1. The number of carbonyl (C=O) groups excluding carboxylic acids is 2. The van der Waals surface area contributed by atoms with Gasteiger partial charge in [-0.05, 0) is 26.7 Å². The van der Waals surface area contributed by atoms with Gasteiger partial charge in [-0.1, -0.05) is 33.1 Å². The molecule has 1 aliphatic carbocycles. The number of carbonyl (C=O) groups is 2. The van der Waals surface area contributed by atoms with Gasteiger partial charge in [-0.15, -0.1) is 0 Å². The van der Waals surface area contributed by atoms with Crippen LogP contribution in [0.5, 0.6) is 0 Å². The van der Waals surface area contributed by atoms with Gasteiger partial charge in [0, 0.05) is 12.0 Å². The maximum Gasteiger partial charge on any atom is 0.233 e. The highest BCUT2D eigenvalue weighted by Gasteiger charge is 2.37. The van der Waals surface area contributed by atoms with Crippen molar-refractivity contribution in [2.45, 2.75) is 65.8 Å². The molecule has 98 valence electrons. The zero-order chi connectivity index (χ0) is 13.1. The smallest absolute Gasteiger partial charge is 0.233 e. The van der Waals surface area contributed by atoms with E-state index in [9.17, 15) is 9.59 Å². The minimum Gasteiger partial charge on any atom is -0.353 e. The molecular formula is C14H25NO2. The second kappa shape index (κ2) is 5.65. The highest BCUT2D eigenvalue weighted by atomic mass is 16.2. The summed E-state index contributed by atoms with van der Waals surface area (Å²) in [7, 11) is 0. The number of rotatable bonds is 4. The first-order valence-corrected chi connectivity index (χ1v) is 6.71. The van der Waals surface area contributed by atoms with E-state index >= 15 is 0 Å². The Bertz CT molecular complexity index is 289. The lowest BCUT2D eigenvalue weighted by molar-refractivity contribution is -0.142. The molecule has 0 aromatic heterocycles. The molecule has 1 N–H and O–H groups in total. The summed E-state index contributed by atoms with van der Waals surface area (Å²) in [6.45, 7) is 7.15. The van der Waals surface area contributed by atoms with Crippen LogP contribution in [0.3, 0.4) is 0 Å². The molecule has 0 aliphatic heterocycles. The summed E-state index contributed by atoms with van der Waals surface area (Å²) >= 11 is 0. The van der Waals surface area contributed by atoms with Gasteiger partial charge in [0.05, 0.1) is 0 Å². The molecule has 1 aliphatic rings. The first kappa shape index (κ1) is 14.2. The van der Waals surface area contributed by atoms with Crippen LogP contribution in [0.1, 0.15) is 59.8 Å². The Hall–Kier alpha value is -0.860. The van der Waals surface area contributed by atoms with Crippen LogP contribution in [0.25, 0.3) is 0 Å². The SMILES string of the molecule is CC(C)C(=O)C(C)(C)C(=O)NC1CCCCC1. The van der Waals surface area contributed by atoms with Gasteiger partial charge in [0.15, 0.2) is 0 Å². The Morgan fingerprint density at radius 2 is 1.65 bits per heavy atom. The summed E-state index contributed by atoms with van der Waals surface area (Å²) in [6, 6.07) is 0.274. The molecule has 0 saturated heterocycles. The molecule has 0 aromatic carbocycles. The van der Waals surface area contributed by atoms with Gasteiger partial charge in [0.1, 0.15) is 11.2 Å². The summed E-state index contributed by atoms with van der Waals surface area (Å²) in [5.74, 6) is -0.184. The van der Waals surface area contributed by atoms with Crippen LogP contribution in [0.4, 0.5) is 0 Å². The Balaban J connectivity index is 2.58. The lowest BCUT2D eigenvalue weighted by Gasteiger charge is -2.29. The van der Waals surface area contributed by atoms with Crippen LogP contribution >= 0.6 is 0 Å². The lowest BCUT2D eigenvalue weighted by Crippen LogP contribution is -2.48. The summed E-state index contributed by atoms with van der Waals surface area (Å²) < 4.78 is 0. The molecule has 0 spiro atoms. The van der Waals surface area contributed by atoms with Crippen LogP contribution in [0.15, 0.2) is 0 Å². The van der Waals surface area contributed by atoms with E-state index in [1.807, 2.05) is 13.8 Å². The third kappa shape index (κ3) is 3.55. The maximum atomic E-state index is 12.1. The predicted molar refractivity (Wildman–Crippen MR) is 68.6 cm³/mol. The van der Waals surface area contributed by atoms with E-state index in [1.165, 1.54) is 19.3 Å². The van der Waals surface area contributed by atoms with Crippen molar-refractivity contribution < 1.29 is 9.59 Å². The highest BCUT2D eigenvalue weighted by molar-refractivity contribution is 6.06.